The van der Waals surface area contributed by atoms with Gasteiger partial charge in [0.05, 0.1) is 18.2 Å². The van der Waals surface area contributed by atoms with E-state index in [0.29, 0.717) is 42.3 Å². The zero-order chi connectivity index (χ0) is 19.4. The zero-order valence-electron chi connectivity index (χ0n) is 14.9. The molecule has 7 heteroatoms. The number of hydrogen-bond acceptors (Lipinski definition) is 3. The number of methoxy groups -OCH3 is 1. The van der Waals surface area contributed by atoms with Gasteiger partial charge in [-0.1, -0.05) is 23.7 Å². The van der Waals surface area contributed by atoms with Crippen molar-refractivity contribution >= 4 is 23.4 Å². The van der Waals surface area contributed by atoms with Crippen molar-refractivity contribution in [2.24, 2.45) is 0 Å². The van der Waals surface area contributed by atoms with Crippen molar-refractivity contribution in [2.45, 2.75) is 18.9 Å². The third-order valence-corrected chi connectivity index (χ3v) is 4.86. The number of halogens is 2. The summed E-state index contributed by atoms with van der Waals surface area (Å²) in [4.78, 5) is 26.7. The van der Waals surface area contributed by atoms with E-state index >= 15 is 0 Å². The summed E-state index contributed by atoms with van der Waals surface area (Å²) in [5.74, 6) is -0.669. The van der Waals surface area contributed by atoms with Crippen LogP contribution < -0.4 is 10.1 Å². The highest BCUT2D eigenvalue weighted by molar-refractivity contribution is 6.31. The molecule has 2 aromatic carbocycles. The molecule has 1 saturated heterocycles. The van der Waals surface area contributed by atoms with Gasteiger partial charge in [0.15, 0.2) is 0 Å². The second kappa shape index (κ2) is 8.39. The Morgan fingerprint density at radius 1 is 1.15 bits per heavy atom. The molecule has 0 bridgehead atoms. The van der Waals surface area contributed by atoms with Gasteiger partial charge in [0, 0.05) is 24.2 Å². The average Bonchev–Trinajstić information content (AvgIpc) is 2.68. The first-order valence-corrected chi connectivity index (χ1v) is 9.05. The lowest BCUT2D eigenvalue weighted by Gasteiger charge is -2.32. The van der Waals surface area contributed by atoms with E-state index in [2.05, 4.69) is 5.32 Å². The summed E-state index contributed by atoms with van der Waals surface area (Å²) in [5, 5.41) is 3.31. The summed E-state index contributed by atoms with van der Waals surface area (Å²) in [6, 6.07) is 10.7. The van der Waals surface area contributed by atoms with Gasteiger partial charge >= 0.3 is 0 Å². The predicted molar refractivity (Wildman–Crippen MR) is 101 cm³/mol. The van der Waals surface area contributed by atoms with E-state index in [4.69, 9.17) is 16.3 Å². The number of amides is 2. The number of carbonyl (C=O) groups is 2. The highest BCUT2D eigenvalue weighted by Gasteiger charge is 2.27. The Morgan fingerprint density at radius 2 is 1.85 bits per heavy atom. The maximum Gasteiger partial charge on any atom is 0.257 e. The normalized spacial score (nSPS) is 14.7. The van der Waals surface area contributed by atoms with Crippen LogP contribution in [-0.2, 0) is 0 Å². The third-order valence-electron chi connectivity index (χ3n) is 4.63. The monoisotopic (exact) mass is 390 g/mol. The van der Waals surface area contributed by atoms with Crippen LogP contribution in [0.25, 0.3) is 0 Å². The van der Waals surface area contributed by atoms with E-state index in [-0.39, 0.29) is 17.5 Å². The summed E-state index contributed by atoms with van der Waals surface area (Å²) in [5.41, 5.74) is 0.443. The van der Waals surface area contributed by atoms with Gasteiger partial charge in [-0.25, -0.2) is 4.39 Å². The number of piperidine rings is 1. The summed E-state index contributed by atoms with van der Waals surface area (Å²) >= 11 is 6.00. The number of hydrogen-bond donors (Lipinski definition) is 1. The van der Waals surface area contributed by atoms with Crippen molar-refractivity contribution in [3.05, 3.63) is 64.4 Å². The number of likely N-dealkylation sites (tertiary alicyclic amines) is 1. The molecule has 0 unspecified atom stereocenters. The molecule has 1 N–H and O–H groups in total. The molecule has 1 fully saturated rings. The van der Waals surface area contributed by atoms with Gasteiger partial charge in [-0.2, -0.15) is 0 Å². The van der Waals surface area contributed by atoms with Crippen molar-refractivity contribution in [3.63, 3.8) is 0 Å². The molecule has 0 spiro atoms. The molecule has 0 aliphatic carbocycles. The number of ether oxygens (including phenoxy) is 1. The second-order valence-electron chi connectivity index (χ2n) is 6.36. The maximum atomic E-state index is 13.7. The Morgan fingerprint density at radius 3 is 2.52 bits per heavy atom. The fraction of sp³-hybridized carbons (Fsp3) is 0.300. The van der Waals surface area contributed by atoms with E-state index in [0.717, 1.165) is 0 Å². The van der Waals surface area contributed by atoms with Crippen molar-refractivity contribution < 1.29 is 18.7 Å². The van der Waals surface area contributed by atoms with Gasteiger partial charge in [-0.15, -0.1) is 0 Å². The fourth-order valence-corrected chi connectivity index (χ4v) is 3.33. The smallest absolute Gasteiger partial charge is 0.257 e. The van der Waals surface area contributed by atoms with Gasteiger partial charge in [0.2, 0.25) is 0 Å². The highest BCUT2D eigenvalue weighted by Crippen LogP contribution is 2.25. The van der Waals surface area contributed by atoms with Crippen LogP contribution in [0.1, 0.15) is 33.6 Å². The molecule has 2 aromatic rings. The van der Waals surface area contributed by atoms with Crippen LogP contribution in [0, 0.1) is 5.82 Å². The maximum absolute atomic E-state index is 13.7. The molecular weight excluding hydrogens is 371 g/mol. The van der Waals surface area contributed by atoms with E-state index < -0.39 is 11.7 Å². The van der Waals surface area contributed by atoms with Gasteiger partial charge in [-0.05, 0) is 43.2 Å². The molecule has 142 valence electrons. The number of carbonyl (C=O) groups excluding carboxylic acids is 2. The molecular formula is C20H20ClFN2O3. The first-order chi connectivity index (χ1) is 13.0. The molecule has 27 heavy (non-hydrogen) atoms. The molecule has 2 amide bonds. The first-order valence-electron chi connectivity index (χ1n) is 8.68. The van der Waals surface area contributed by atoms with Crippen LogP contribution in [0.3, 0.4) is 0 Å². The minimum Gasteiger partial charge on any atom is -0.496 e. The third kappa shape index (κ3) is 4.39. The minimum absolute atomic E-state index is 0.0275. The Hall–Kier alpha value is -2.60. The lowest BCUT2D eigenvalue weighted by Crippen LogP contribution is -2.46. The summed E-state index contributed by atoms with van der Waals surface area (Å²) < 4.78 is 19.0. The van der Waals surface area contributed by atoms with Crippen molar-refractivity contribution in [2.75, 3.05) is 20.2 Å². The Bertz CT molecular complexity index is 851. The number of nitrogens with one attached hydrogen (secondary N) is 1. The number of nitrogens with zero attached hydrogens (tertiary/aromatic N) is 1. The van der Waals surface area contributed by atoms with Gasteiger partial charge in [0.1, 0.15) is 11.6 Å². The van der Waals surface area contributed by atoms with Crippen LogP contribution in [-0.4, -0.2) is 43.0 Å². The Balaban J connectivity index is 1.61. The Labute approximate surface area is 162 Å². The van der Waals surface area contributed by atoms with Gasteiger partial charge in [-0.3, -0.25) is 9.59 Å². The molecule has 0 saturated carbocycles. The molecule has 3 rings (SSSR count). The van der Waals surface area contributed by atoms with E-state index in [1.807, 2.05) is 0 Å². The lowest BCUT2D eigenvalue weighted by atomic mass is 10.0. The molecule has 1 aliphatic heterocycles. The summed E-state index contributed by atoms with van der Waals surface area (Å²) in [6.45, 7) is 0.966. The average molecular weight is 391 g/mol. The lowest BCUT2D eigenvalue weighted by molar-refractivity contribution is 0.0694. The van der Waals surface area contributed by atoms with Crippen LogP contribution in [0.15, 0.2) is 42.5 Å². The quantitative estimate of drug-likeness (QED) is 0.868. The number of benzene rings is 2. The predicted octanol–water partition coefficient (Wildman–Crippen LogP) is 3.52. The van der Waals surface area contributed by atoms with Crippen LogP contribution in [0.5, 0.6) is 5.75 Å². The van der Waals surface area contributed by atoms with E-state index in [1.165, 1.54) is 19.2 Å². The van der Waals surface area contributed by atoms with Crippen LogP contribution in [0.4, 0.5) is 4.39 Å². The largest absolute Gasteiger partial charge is 0.496 e. The zero-order valence-corrected chi connectivity index (χ0v) is 15.6. The minimum atomic E-state index is -0.546. The van der Waals surface area contributed by atoms with E-state index in [1.54, 1.807) is 35.2 Å². The SMILES string of the molecule is COc1ccc(Cl)cc1C(=O)N1CCC(NC(=O)c2ccccc2F)CC1. The van der Waals surface area contributed by atoms with Crippen molar-refractivity contribution in [3.8, 4) is 5.75 Å². The van der Waals surface area contributed by atoms with Crippen molar-refractivity contribution in [1.82, 2.24) is 10.2 Å². The van der Waals surface area contributed by atoms with Crippen molar-refractivity contribution in [1.29, 1.82) is 0 Å². The molecule has 1 aliphatic rings. The first kappa shape index (κ1) is 19.2. The second-order valence-corrected chi connectivity index (χ2v) is 6.80. The molecule has 5 nitrogen and oxygen atoms in total. The summed E-state index contributed by atoms with van der Waals surface area (Å²) in [6.07, 6.45) is 1.18. The molecule has 0 aromatic heterocycles. The number of rotatable bonds is 4. The van der Waals surface area contributed by atoms with Gasteiger partial charge in [0.25, 0.3) is 11.8 Å². The summed E-state index contributed by atoms with van der Waals surface area (Å²) in [7, 11) is 1.50. The molecule has 0 radical (unpaired) electrons. The van der Waals surface area contributed by atoms with Gasteiger partial charge < -0.3 is 15.0 Å². The topological polar surface area (TPSA) is 58.6 Å². The highest BCUT2D eigenvalue weighted by atomic mass is 35.5. The molecule has 0 atom stereocenters. The Kier molecular flexibility index (Phi) is 5.96. The standard InChI is InChI=1S/C20H20ClFN2O3/c1-27-18-7-6-13(21)12-16(18)20(26)24-10-8-14(9-11-24)23-19(25)15-4-2-3-5-17(15)22/h2-7,12,14H,8-11H2,1H3,(H,23,25). The fourth-order valence-electron chi connectivity index (χ4n) is 3.15. The van der Waals surface area contributed by atoms with Crippen LogP contribution >= 0.6 is 11.6 Å². The van der Waals surface area contributed by atoms with E-state index in [9.17, 15) is 14.0 Å². The molecule has 1 heterocycles. The van der Waals surface area contributed by atoms with Crippen LogP contribution in [0.2, 0.25) is 5.02 Å².